The first-order chi connectivity index (χ1) is 7.63. The van der Waals surface area contributed by atoms with Crippen LogP contribution in [0.25, 0.3) is 11.3 Å². The highest BCUT2D eigenvalue weighted by Crippen LogP contribution is 2.24. The van der Waals surface area contributed by atoms with Crippen molar-refractivity contribution in [2.45, 2.75) is 20.4 Å². The molecule has 0 aliphatic rings. The Bertz CT molecular complexity index is 512. The molecule has 0 spiro atoms. The molecule has 3 heteroatoms. The fourth-order valence-corrected chi connectivity index (χ4v) is 2.07. The van der Waals surface area contributed by atoms with Crippen molar-refractivity contribution in [1.29, 1.82) is 0 Å². The summed E-state index contributed by atoms with van der Waals surface area (Å²) >= 11 is 0. The van der Waals surface area contributed by atoms with E-state index in [4.69, 9.17) is 5.73 Å². The predicted octanol–water partition coefficient (Wildman–Crippen LogP) is 2.16. The molecule has 0 aliphatic carbocycles. The van der Waals surface area contributed by atoms with Gasteiger partial charge in [-0.3, -0.25) is 0 Å². The molecular formula is C13H17N3. The van der Waals surface area contributed by atoms with Gasteiger partial charge < -0.3 is 10.3 Å². The fourth-order valence-electron chi connectivity index (χ4n) is 2.07. The van der Waals surface area contributed by atoms with E-state index in [0.717, 1.165) is 17.2 Å². The molecule has 2 rings (SSSR count). The molecule has 16 heavy (non-hydrogen) atoms. The molecule has 0 unspecified atom stereocenters. The van der Waals surface area contributed by atoms with Gasteiger partial charge in [0.1, 0.15) is 5.82 Å². The molecule has 0 saturated carbocycles. The maximum absolute atomic E-state index is 5.66. The minimum Gasteiger partial charge on any atom is -0.330 e. The van der Waals surface area contributed by atoms with E-state index in [2.05, 4.69) is 40.7 Å². The maximum Gasteiger partial charge on any atom is 0.122 e. The van der Waals surface area contributed by atoms with Crippen LogP contribution in [0.2, 0.25) is 0 Å². The number of rotatable bonds is 2. The Morgan fingerprint density at radius 2 is 2.06 bits per heavy atom. The summed E-state index contributed by atoms with van der Waals surface area (Å²) < 4.78 is 2.07. The van der Waals surface area contributed by atoms with Gasteiger partial charge in [0, 0.05) is 12.6 Å². The van der Waals surface area contributed by atoms with Crippen LogP contribution in [0.5, 0.6) is 0 Å². The highest BCUT2D eigenvalue weighted by Gasteiger charge is 2.11. The van der Waals surface area contributed by atoms with Gasteiger partial charge in [0.2, 0.25) is 0 Å². The van der Waals surface area contributed by atoms with Gasteiger partial charge in [0.15, 0.2) is 0 Å². The number of hydrogen-bond acceptors (Lipinski definition) is 2. The van der Waals surface area contributed by atoms with Crippen LogP contribution in [0, 0.1) is 13.8 Å². The van der Waals surface area contributed by atoms with E-state index < -0.39 is 0 Å². The molecule has 0 saturated heterocycles. The lowest BCUT2D eigenvalue weighted by Gasteiger charge is -2.06. The minimum atomic E-state index is 0.475. The van der Waals surface area contributed by atoms with Crippen LogP contribution in [0.1, 0.15) is 17.1 Å². The number of nitrogens with two attached hydrogens (primary N) is 1. The van der Waals surface area contributed by atoms with Crippen LogP contribution in [-0.2, 0) is 13.6 Å². The van der Waals surface area contributed by atoms with Gasteiger partial charge in [-0.25, -0.2) is 4.98 Å². The van der Waals surface area contributed by atoms with Gasteiger partial charge in [-0.15, -0.1) is 0 Å². The van der Waals surface area contributed by atoms with E-state index in [1.165, 1.54) is 11.1 Å². The van der Waals surface area contributed by atoms with E-state index in [-0.39, 0.29) is 0 Å². The van der Waals surface area contributed by atoms with E-state index in [1.54, 1.807) is 0 Å². The topological polar surface area (TPSA) is 43.8 Å². The number of aromatic nitrogens is 2. The third-order valence-corrected chi connectivity index (χ3v) is 2.84. The molecule has 0 aliphatic heterocycles. The normalized spacial score (nSPS) is 10.8. The van der Waals surface area contributed by atoms with Crippen molar-refractivity contribution >= 4 is 0 Å². The van der Waals surface area contributed by atoms with Crippen LogP contribution >= 0.6 is 0 Å². The summed E-state index contributed by atoms with van der Waals surface area (Å²) in [5.41, 5.74) is 10.3. The van der Waals surface area contributed by atoms with Crippen LogP contribution in [0.4, 0.5) is 0 Å². The molecular weight excluding hydrogens is 198 g/mol. The number of benzene rings is 1. The smallest absolute Gasteiger partial charge is 0.122 e. The summed E-state index contributed by atoms with van der Waals surface area (Å²) in [7, 11) is 2.01. The highest BCUT2D eigenvalue weighted by molar-refractivity contribution is 5.63. The van der Waals surface area contributed by atoms with Gasteiger partial charge >= 0.3 is 0 Å². The van der Waals surface area contributed by atoms with Gasteiger partial charge in [0.05, 0.1) is 17.9 Å². The second-order valence-corrected chi connectivity index (χ2v) is 4.09. The first-order valence-corrected chi connectivity index (χ1v) is 5.42. The van der Waals surface area contributed by atoms with Gasteiger partial charge in [-0.1, -0.05) is 23.8 Å². The Kier molecular flexibility index (Phi) is 2.79. The van der Waals surface area contributed by atoms with E-state index in [9.17, 15) is 0 Å². The molecule has 0 radical (unpaired) electrons. The van der Waals surface area contributed by atoms with Crippen LogP contribution in [0.3, 0.4) is 0 Å². The molecule has 1 aromatic carbocycles. The standard InChI is InChI=1S/C13H17N3/c1-9-5-4-6-11(7-9)13-10(2)15-12(8-14)16(13)3/h4-7H,8,14H2,1-3H3. The average molecular weight is 215 g/mol. The van der Waals surface area contributed by atoms with Crippen LogP contribution in [0.15, 0.2) is 24.3 Å². The van der Waals surface area contributed by atoms with Crippen LogP contribution < -0.4 is 5.73 Å². The molecule has 0 amide bonds. The predicted molar refractivity (Wildman–Crippen MR) is 66.0 cm³/mol. The molecule has 3 nitrogen and oxygen atoms in total. The van der Waals surface area contributed by atoms with Gasteiger partial charge in [-0.2, -0.15) is 0 Å². The first-order valence-electron chi connectivity index (χ1n) is 5.42. The highest BCUT2D eigenvalue weighted by atomic mass is 15.1. The van der Waals surface area contributed by atoms with Crippen molar-refractivity contribution in [3.05, 3.63) is 41.3 Å². The maximum atomic E-state index is 5.66. The minimum absolute atomic E-state index is 0.475. The third-order valence-electron chi connectivity index (χ3n) is 2.84. The molecule has 0 fully saturated rings. The van der Waals surface area contributed by atoms with Crippen molar-refractivity contribution in [1.82, 2.24) is 9.55 Å². The molecule has 84 valence electrons. The Morgan fingerprint density at radius 3 is 2.62 bits per heavy atom. The number of aryl methyl sites for hydroxylation is 2. The zero-order chi connectivity index (χ0) is 11.7. The summed E-state index contributed by atoms with van der Waals surface area (Å²) in [6, 6.07) is 8.44. The molecule has 0 atom stereocenters. The molecule has 2 N–H and O–H groups in total. The zero-order valence-electron chi connectivity index (χ0n) is 9.99. The largest absolute Gasteiger partial charge is 0.330 e. The zero-order valence-corrected chi connectivity index (χ0v) is 9.99. The first kappa shape index (κ1) is 10.9. The lowest BCUT2D eigenvalue weighted by Crippen LogP contribution is -2.05. The SMILES string of the molecule is Cc1cccc(-c2c(C)nc(CN)n2C)c1. The Labute approximate surface area is 95.9 Å². The molecule has 1 heterocycles. The second-order valence-electron chi connectivity index (χ2n) is 4.09. The Morgan fingerprint density at radius 1 is 1.31 bits per heavy atom. The Balaban J connectivity index is 2.60. The molecule has 0 bridgehead atoms. The quantitative estimate of drug-likeness (QED) is 0.834. The summed E-state index contributed by atoms with van der Waals surface area (Å²) in [4.78, 5) is 4.47. The lowest BCUT2D eigenvalue weighted by molar-refractivity contribution is 0.798. The van der Waals surface area contributed by atoms with Crippen molar-refractivity contribution < 1.29 is 0 Å². The number of hydrogen-bond donors (Lipinski definition) is 1. The van der Waals surface area contributed by atoms with Crippen LogP contribution in [-0.4, -0.2) is 9.55 Å². The molecule has 2 aromatic rings. The summed E-state index contributed by atoms with van der Waals surface area (Å²) in [6.07, 6.45) is 0. The average Bonchev–Trinajstić information content (AvgIpc) is 2.53. The van der Waals surface area contributed by atoms with E-state index in [1.807, 2.05) is 14.0 Å². The van der Waals surface area contributed by atoms with Crippen molar-refractivity contribution in [2.75, 3.05) is 0 Å². The van der Waals surface area contributed by atoms with Crippen molar-refractivity contribution in [3.8, 4) is 11.3 Å². The molecule has 1 aromatic heterocycles. The summed E-state index contributed by atoms with van der Waals surface area (Å²) in [5, 5.41) is 0. The summed E-state index contributed by atoms with van der Waals surface area (Å²) in [6.45, 7) is 4.60. The summed E-state index contributed by atoms with van der Waals surface area (Å²) in [5.74, 6) is 0.925. The monoisotopic (exact) mass is 215 g/mol. The van der Waals surface area contributed by atoms with Gasteiger partial charge in [-0.05, 0) is 19.9 Å². The fraction of sp³-hybridized carbons (Fsp3) is 0.308. The van der Waals surface area contributed by atoms with E-state index in [0.29, 0.717) is 6.54 Å². The number of imidazole rings is 1. The Hall–Kier alpha value is -1.61. The lowest BCUT2D eigenvalue weighted by atomic mass is 10.1. The third kappa shape index (κ3) is 1.74. The van der Waals surface area contributed by atoms with Gasteiger partial charge in [0.25, 0.3) is 0 Å². The van der Waals surface area contributed by atoms with E-state index >= 15 is 0 Å². The van der Waals surface area contributed by atoms with Crippen molar-refractivity contribution in [2.24, 2.45) is 12.8 Å². The second kappa shape index (κ2) is 4.10. The van der Waals surface area contributed by atoms with Crippen molar-refractivity contribution in [3.63, 3.8) is 0 Å². The number of nitrogens with zero attached hydrogens (tertiary/aromatic N) is 2.